The third-order valence-electron chi connectivity index (χ3n) is 3.80. The standard InChI is InChI=1S/C14H15NO4S/c16-12(17)10-3-1-2-4-11(10)15-9-14(19-13(15)18)5-7-20-8-6-14/h1-4H,5-9H2,(H,16,17). The molecule has 0 atom stereocenters. The summed E-state index contributed by atoms with van der Waals surface area (Å²) in [5.41, 5.74) is 0.111. The minimum absolute atomic E-state index is 0.131. The van der Waals surface area contributed by atoms with Gasteiger partial charge in [0.25, 0.3) is 0 Å². The molecule has 3 rings (SSSR count). The number of thioether (sulfide) groups is 1. The Morgan fingerprint density at radius 3 is 2.70 bits per heavy atom. The Labute approximate surface area is 120 Å². The van der Waals surface area contributed by atoms with Gasteiger partial charge in [-0.1, -0.05) is 12.1 Å². The van der Waals surface area contributed by atoms with Gasteiger partial charge >= 0.3 is 12.1 Å². The molecule has 0 radical (unpaired) electrons. The van der Waals surface area contributed by atoms with E-state index in [1.807, 2.05) is 11.8 Å². The van der Waals surface area contributed by atoms with Crippen LogP contribution in [0.4, 0.5) is 10.5 Å². The Morgan fingerprint density at radius 2 is 2.00 bits per heavy atom. The molecule has 0 aromatic heterocycles. The third kappa shape index (κ3) is 2.24. The van der Waals surface area contributed by atoms with Crippen molar-refractivity contribution in [3.8, 4) is 0 Å². The zero-order chi connectivity index (χ0) is 14.2. The lowest BCUT2D eigenvalue weighted by atomic mass is 9.96. The maximum Gasteiger partial charge on any atom is 0.415 e. The molecule has 2 aliphatic rings. The number of carboxylic acids is 1. The SMILES string of the molecule is O=C(O)c1ccccc1N1CC2(CCSCC2)OC1=O. The topological polar surface area (TPSA) is 66.8 Å². The van der Waals surface area contributed by atoms with Crippen molar-refractivity contribution in [1.29, 1.82) is 0 Å². The number of ether oxygens (including phenoxy) is 1. The molecular formula is C14H15NO4S. The van der Waals surface area contributed by atoms with Crippen molar-refractivity contribution in [2.75, 3.05) is 23.0 Å². The highest BCUT2D eigenvalue weighted by molar-refractivity contribution is 7.99. The van der Waals surface area contributed by atoms with Crippen molar-refractivity contribution in [3.05, 3.63) is 29.8 Å². The molecule has 0 unspecified atom stereocenters. The molecule has 2 aliphatic heterocycles. The lowest BCUT2D eigenvalue weighted by molar-refractivity contribution is 0.0502. The molecule has 6 heteroatoms. The van der Waals surface area contributed by atoms with Gasteiger partial charge in [-0.2, -0.15) is 11.8 Å². The van der Waals surface area contributed by atoms with Crippen LogP contribution in [-0.2, 0) is 4.74 Å². The number of anilines is 1. The van der Waals surface area contributed by atoms with E-state index in [0.717, 1.165) is 24.3 Å². The number of amides is 1. The summed E-state index contributed by atoms with van der Waals surface area (Å²) in [6.07, 6.45) is 1.22. The van der Waals surface area contributed by atoms with Crippen LogP contribution in [0.3, 0.4) is 0 Å². The van der Waals surface area contributed by atoms with Gasteiger partial charge in [-0.3, -0.25) is 4.90 Å². The number of carbonyl (C=O) groups is 2. The molecule has 2 heterocycles. The van der Waals surface area contributed by atoms with Gasteiger partial charge in [0.05, 0.1) is 17.8 Å². The van der Waals surface area contributed by atoms with Crippen LogP contribution in [0, 0.1) is 0 Å². The number of nitrogens with zero attached hydrogens (tertiary/aromatic N) is 1. The van der Waals surface area contributed by atoms with Crippen LogP contribution in [0.5, 0.6) is 0 Å². The molecule has 2 fully saturated rings. The molecule has 1 spiro atoms. The summed E-state index contributed by atoms with van der Waals surface area (Å²) in [6.45, 7) is 0.441. The Balaban J connectivity index is 1.91. The summed E-state index contributed by atoms with van der Waals surface area (Å²) in [7, 11) is 0. The van der Waals surface area contributed by atoms with Gasteiger partial charge in [0, 0.05) is 0 Å². The molecule has 0 saturated carbocycles. The Kier molecular flexibility index (Phi) is 3.33. The second-order valence-corrected chi connectivity index (χ2v) is 6.30. The van der Waals surface area contributed by atoms with E-state index in [1.165, 1.54) is 11.0 Å². The van der Waals surface area contributed by atoms with E-state index in [-0.39, 0.29) is 5.56 Å². The van der Waals surface area contributed by atoms with Crippen molar-refractivity contribution in [1.82, 2.24) is 0 Å². The molecule has 0 bridgehead atoms. The van der Waals surface area contributed by atoms with E-state index in [4.69, 9.17) is 4.74 Å². The summed E-state index contributed by atoms with van der Waals surface area (Å²) >= 11 is 1.86. The monoisotopic (exact) mass is 293 g/mol. The van der Waals surface area contributed by atoms with Crippen LogP contribution in [0.25, 0.3) is 0 Å². The van der Waals surface area contributed by atoms with Gasteiger partial charge in [0.2, 0.25) is 0 Å². The van der Waals surface area contributed by atoms with Crippen LogP contribution in [0.2, 0.25) is 0 Å². The van der Waals surface area contributed by atoms with Crippen molar-refractivity contribution < 1.29 is 19.4 Å². The first-order valence-electron chi connectivity index (χ1n) is 6.52. The first-order valence-corrected chi connectivity index (χ1v) is 7.67. The van der Waals surface area contributed by atoms with Gasteiger partial charge in [0.15, 0.2) is 0 Å². The summed E-state index contributed by atoms with van der Waals surface area (Å²) in [6, 6.07) is 6.55. The predicted octanol–water partition coefficient (Wildman–Crippen LogP) is 2.61. The normalized spacial score (nSPS) is 21.0. The van der Waals surface area contributed by atoms with Gasteiger partial charge in [-0.05, 0) is 36.5 Å². The molecule has 1 amide bonds. The first-order chi connectivity index (χ1) is 9.61. The minimum atomic E-state index is -1.03. The van der Waals surface area contributed by atoms with Crippen LogP contribution in [-0.4, -0.2) is 40.8 Å². The average molecular weight is 293 g/mol. The molecule has 20 heavy (non-hydrogen) atoms. The largest absolute Gasteiger partial charge is 0.478 e. The van der Waals surface area contributed by atoms with Crippen molar-refractivity contribution in [3.63, 3.8) is 0 Å². The van der Waals surface area contributed by atoms with Crippen molar-refractivity contribution in [2.45, 2.75) is 18.4 Å². The highest BCUT2D eigenvalue weighted by atomic mass is 32.2. The zero-order valence-electron chi connectivity index (χ0n) is 10.9. The summed E-state index contributed by atoms with van der Waals surface area (Å²) in [4.78, 5) is 24.9. The number of hydrogen-bond acceptors (Lipinski definition) is 4. The highest BCUT2D eigenvalue weighted by Crippen LogP contribution is 2.38. The number of carbonyl (C=O) groups excluding carboxylic acids is 1. The lowest BCUT2D eigenvalue weighted by Crippen LogP contribution is -2.38. The van der Waals surface area contributed by atoms with Crippen LogP contribution < -0.4 is 4.90 Å². The Hall–Kier alpha value is -1.69. The Bertz CT molecular complexity index is 554. The molecule has 106 valence electrons. The second-order valence-electron chi connectivity index (χ2n) is 5.07. The number of para-hydroxylation sites is 1. The third-order valence-corrected chi connectivity index (χ3v) is 4.79. The zero-order valence-corrected chi connectivity index (χ0v) is 11.7. The lowest BCUT2D eigenvalue weighted by Gasteiger charge is -2.30. The van der Waals surface area contributed by atoms with E-state index in [2.05, 4.69) is 0 Å². The van der Waals surface area contributed by atoms with E-state index < -0.39 is 17.7 Å². The summed E-state index contributed by atoms with van der Waals surface area (Å²) in [5, 5.41) is 9.23. The number of rotatable bonds is 2. The van der Waals surface area contributed by atoms with Gasteiger partial charge < -0.3 is 9.84 Å². The predicted molar refractivity (Wildman–Crippen MR) is 76.5 cm³/mol. The molecule has 0 aliphatic carbocycles. The fourth-order valence-electron chi connectivity index (χ4n) is 2.70. The van der Waals surface area contributed by atoms with Crippen molar-refractivity contribution in [2.24, 2.45) is 0 Å². The molecule has 1 aromatic rings. The molecule has 5 nitrogen and oxygen atoms in total. The summed E-state index contributed by atoms with van der Waals surface area (Å²) in [5.74, 6) is 0.914. The van der Waals surface area contributed by atoms with Crippen LogP contribution in [0.15, 0.2) is 24.3 Å². The molecule has 1 aromatic carbocycles. The van der Waals surface area contributed by atoms with Crippen LogP contribution in [0.1, 0.15) is 23.2 Å². The average Bonchev–Trinajstić information content (AvgIpc) is 2.76. The first kappa shape index (κ1) is 13.3. The highest BCUT2D eigenvalue weighted by Gasteiger charge is 2.47. The van der Waals surface area contributed by atoms with E-state index in [9.17, 15) is 14.7 Å². The number of aromatic carboxylic acids is 1. The van der Waals surface area contributed by atoms with E-state index in [0.29, 0.717) is 12.2 Å². The van der Waals surface area contributed by atoms with Crippen LogP contribution >= 0.6 is 11.8 Å². The van der Waals surface area contributed by atoms with Gasteiger partial charge in [-0.15, -0.1) is 0 Å². The van der Waals surface area contributed by atoms with E-state index >= 15 is 0 Å². The fourth-order valence-corrected chi connectivity index (χ4v) is 3.94. The number of carboxylic acid groups (broad SMARTS) is 1. The quantitative estimate of drug-likeness (QED) is 0.908. The maximum absolute atomic E-state index is 12.1. The molecule has 2 saturated heterocycles. The fraction of sp³-hybridized carbons (Fsp3) is 0.429. The van der Waals surface area contributed by atoms with Gasteiger partial charge in [-0.25, -0.2) is 9.59 Å². The number of benzene rings is 1. The number of hydrogen-bond donors (Lipinski definition) is 1. The van der Waals surface area contributed by atoms with E-state index in [1.54, 1.807) is 18.2 Å². The second kappa shape index (κ2) is 5.01. The molecule has 1 N–H and O–H groups in total. The smallest absolute Gasteiger partial charge is 0.415 e. The maximum atomic E-state index is 12.1. The summed E-state index contributed by atoms with van der Waals surface area (Å²) < 4.78 is 5.57. The molecular weight excluding hydrogens is 278 g/mol. The minimum Gasteiger partial charge on any atom is -0.478 e. The van der Waals surface area contributed by atoms with Crippen molar-refractivity contribution >= 4 is 29.5 Å². The van der Waals surface area contributed by atoms with Gasteiger partial charge in [0.1, 0.15) is 5.60 Å². The Morgan fingerprint density at radius 1 is 1.30 bits per heavy atom.